The maximum atomic E-state index is 11.4. The van der Waals surface area contributed by atoms with E-state index in [9.17, 15) is 10.1 Å². The van der Waals surface area contributed by atoms with E-state index in [2.05, 4.69) is 0 Å². The Morgan fingerprint density at radius 3 is 2.48 bits per heavy atom. The second kappa shape index (κ2) is 7.71. The number of benzene rings is 3. The number of hydrogen-bond acceptors (Lipinski definition) is 5. The first kappa shape index (κ1) is 20.1. The van der Waals surface area contributed by atoms with Crippen molar-refractivity contribution in [3.63, 3.8) is 0 Å². The first-order chi connectivity index (χ1) is 14.9. The molecule has 3 aromatic carbocycles. The van der Waals surface area contributed by atoms with Crippen molar-refractivity contribution in [2.24, 2.45) is 5.10 Å². The van der Waals surface area contributed by atoms with E-state index >= 15 is 0 Å². The van der Waals surface area contributed by atoms with Crippen LogP contribution in [0.4, 0.5) is 5.69 Å². The van der Waals surface area contributed by atoms with Gasteiger partial charge in [-0.3, -0.25) is 10.1 Å². The molecule has 2 aliphatic rings. The van der Waals surface area contributed by atoms with Gasteiger partial charge in [0.25, 0.3) is 5.69 Å². The van der Waals surface area contributed by atoms with Crippen molar-refractivity contribution in [3.8, 4) is 5.75 Å². The van der Waals surface area contributed by atoms with Crippen LogP contribution in [0.2, 0.25) is 15.1 Å². The fraction of sp³-hybridized carbons (Fsp3) is 0.136. The average Bonchev–Trinajstić information content (AvgIpc) is 3.20. The third kappa shape index (κ3) is 3.61. The van der Waals surface area contributed by atoms with Crippen LogP contribution < -0.4 is 4.74 Å². The number of nitrogens with zero attached hydrogens (tertiary/aromatic N) is 3. The minimum atomic E-state index is -0.653. The van der Waals surface area contributed by atoms with Gasteiger partial charge in [0.15, 0.2) is 0 Å². The summed E-state index contributed by atoms with van der Waals surface area (Å²) in [5.41, 5.74) is 3.14. The molecule has 3 aromatic rings. The molecule has 0 saturated carbocycles. The number of hydrogen-bond donors (Lipinski definition) is 0. The zero-order valence-electron chi connectivity index (χ0n) is 15.8. The number of rotatable bonds is 3. The number of halogens is 3. The maximum absolute atomic E-state index is 11.4. The molecule has 0 N–H and O–H groups in total. The summed E-state index contributed by atoms with van der Waals surface area (Å²) in [6.07, 6.45) is -0.0238. The highest BCUT2D eigenvalue weighted by molar-refractivity contribution is 6.32. The van der Waals surface area contributed by atoms with Gasteiger partial charge in [-0.25, -0.2) is 5.01 Å². The molecule has 0 aliphatic carbocycles. The van der Waals surface area contributed by atoms with Crippen LogP contribution in [0.3, 0.4) is 0 Å². The second-order valence-electron chi connectivity index (χ2n) is 7.27. The lowest BCUT2D eigenvalue weighted by Crippen LogP contribution is -2.33. The van der Waals surface area contributed by atoms with Crippen molar-refractivity contribution in [2.75, 3.05) is 0 Å². The van der Waals surface area contributed by atoms with Gasteiger partial charge >= 0.3 is 0 Å². The van der Waals surface area contributed by atoms with Gasteiger partial charge < -0.3 is 4.74 Å². The monoisotopic (exact) mass is 473 g/mol. The Morgan fingerprint density at radius 1 is 1.00 bits per heavy atom. The third-order valence-electron chi connectivity index (χ3n) is 5.38. The van der Waals surface area contributed by atoms with E-state index in [1.807, 2.05) is 41.4 Å². The predicted molar refractivity (Wildman–Crippen MR) is 120 cm³/mol. The number of ether oxygens (including phenoxy) is 1. The highest BCUT2D eigenvalue weighted by Gasteiger charge is 2.41. The van der Waals surface area contributed by atoms with Crippen molar-refractivity contribution in [1.29, 1.82) is 0 Å². The maximum Gasteiger partial charge on any atom is 0.288 e. The number of hydrazone groups is 1. The molecule has 0 saturated heterocycles. The van der Waals surface area contributed by atoms with Crippen LogP contribution in [-0.2, 0) is 0 Å². The first-order valence-electron chi connectivity index (χ1n) is 9.42. The predicted octanol–water partition coefficient (Wildman–Crippen LogP) is 6.80. The average molecular weight is 475 g/mol. The Morgan fingerprint density at radius 2 is 1.74 bits per heavy atom. The lowest BCUT2D eigenvalue weighted by molar-refractivity contribution is -0.384. The number of fused-ring (bicyclic) bond motifs is 3. The van der Waals surface area contributed by atoms with Crippen molar-refractivity contribution in [2.45, 2.75) is 18.7 Å². The quantitative estimate of drug-likeness (QED) is 0.309. The Labute approximate surface area is 192 Å². The Hall–Kier alpha value is -2.80. The van der Waals surface area contributed by atoms with E-state index in [1.165, 1.54) is 12.1 Å². The minimum Gasteiger partial charge on any atom is -0.464 e. The fourth-order valence-corrected chi connectivity index (χ4v) is 4.41. The highest BCUT2D eigenvalue weighted by Crippen LogP contribution is 2.48. The van der Waals surface area contributed by atoms with E-state index < -0.39 is 11.2 Å². The standard InChI is InChI=1S/C22H14Cl3N3O3/c23-14-4-1-12(2-5-14)18-11-19-16-10-15(24)6-8-21(16)31-22(27(19)26-18)13-3-7-17(25)20(9-13)28(29)30/h1-10,19,22H,11H2. The van der Waals surface area contributed by atoms with E-state index in [-0.39, 0.29) is 16.8 Å². The molecule has 0 amide bonds. The first-order valence-corrected chi connectivity index (χ1v) is 10.6. The van der Waals surface area contributed by atoms with Gasteiger partial charge in [-0.05, 0) is 42.0 Å². The summed E-state index contributed by atoms with van der Waals surface area (Å²) >= 11 is 18.3. The van der Waals surface area contributed by atoms with Crippen LogP contribution in [0.1, 0.15) is 35.4 Å². The van der Waals surface area contributed by atoms with Crippen LogP contribution in [0, 0.1) is 10.1 Å². The number of nitro benzene ring substituents is 1. The van der Waals surface area contributed by atoms with Gasteiger partial charge in [0.2, 0.25) is 6.23 Å². The van der Waals surface area contributed by atoms with Crippen LogP contribution >= 0.6 is 34.8 Å². The topological polar surface area (TPSA) is 68.0 Å². The third-order valence-corrected chi connectivity index (χ3v) is 6.19. The zero-order valence-corrected chi connectivity index (χ0v) is 18.1. The van der Waals surface area contributed by atoms with Gasteiger partial charge in [0, 0.05) is 33.7 Å². The smallest absolute Gasteiger partial charge is 0.288 e. The lowest BCUT2D eigenvalue weighted by atomic mass is 9.96. The Balaban J connectivity index is 1.61. The van der Waals surface area contributed by atoms with E-state index in [0.717, 1.165) is 16.8 Å². The molecule has 156 valence electrons. The molecule has 0 radical (unpaired) electrons. The second-order valence-corrected chi connectivity index (χ2v) is 8.55. The molecule has 0 fully saturated rings. The minimum absolute atomic E-state index is 0.0695. The summed E-state index contributed by atoms with van der Waals surface area (Å²) in [6, 6.07) is 17.4. The molecule has 2 heterocycles. The summed E-state index contributed by atoms with van der Waals surface area (Å²) in [4.78, 5) is 10.9. The molecule has 2 unspecified atom stereocenters. The fourth-order valence-electron chi connectivity index (χ4n) is 3.92. The van der Waals surface area contributed by atoms with Crippen LogP contribution in [0.15, 0.2) is 65.8 Å². The van der Waals surface area contributed by atoms with Gasteiger partial charge in [0.05, 0.1) is 16.7 Å². The van der Waals surface area contributed by atoms with Crippen LogP contribution in [0.25, 0.3) is 0 Å². The van der Waals surface area contributed by atoms with E-state index in [0.29, 0.717) is 27.8 Å². The van der Waals surface area contributed by atoms with E-state index in [4.69, 9.17) is 44.6 Å². The molecule has 0 aromatic heterocycles. The van der Waals surface area contributed by atoms with Crippen molar-refractivity contribution >= 4 is 46.2 Å². The van der Waals surface area contributed by atoms with Crippen molar-refractivity contribution < 1.29 is 9.66 Å². The molecule has 6 nitrogen and oxygen atoms in total. The molecular weight excluding hydrogens is 461 g/mol. The SMILES string of the molecule is O=[N+]([O-])c1cc(C2Oc3ccc(Cl)cc3C3CC(c4ccc(Cl)cc4)=NN32)ccc1Cl. The summed E-state index contributed by atoms with van der Waals surface area (Å²) in [5, 5.41) is 19.4. The largest absolute Gasteiger partial charge is 0.464 e. The molecule has 0 spiro atoms. The molecule has 2 atom stereocenters. The number of nitro groups is 1. The zero-order chi connectivity index (χ0) is 21.7. The highest BCUT2D eigenvalue weighted by atomic mass is 35.5. The molecule has 0 bridgehead atoms. The van der Waals surface area contributed by atoms with Crippen molar-refractivity contribution in [1.82, 2.24) is 5.01 Å². The van der Waals surface area contributed by atoms with Gasteiger partial charge in [-0.1, -0.05) is 53.0 Å². The molecular formula is C22H14Cl3N3O3. The molecule has 5 rings (SSSR count). The van der Waals surface area contributed by atoms with Gasteiger partial charge in [0.1, 0.15) is 10.8 Å². The Kier molecular flexibility index (Phi) is 5.01. The molecule has 31 heavy (non-hydrogen) atoms. The summed E-state index contributed by atoms with van der Waals surface area (Å²) in [6.45, 7) is 0. The van der Waals surface area contributed by atoms with Crippen LogP contribution in [0.5, 0.6) is 5.75 Å². The van der Waals surface area contributed by atoms with E-state index in [1.54, 1.807) is 12.1 Å². The summed E-state index contributed by atoms with van der Waals surface area (Å²) in [5.74, 6) is 0.667. The van der Waals surface area contributed by atoms with Gasteiger partial charge in [-0.2, -0.15) is 5.10 Å². The Bertz CT molecular complexity index is 1230. The van der Waals surface area contributed by atoms with Crippen molar-refractivity contribution in [3.05, 3.63) is 103 Å². The molecule has 9 heteroatoms. The normalized spacial score (nSPS) is 19.3. The summed E-state index contributed by atoms with van der Waals surface area (Å²) in [7, 11) is 0. The van der Waals surface area contributed by atoms with Gasteiger partial charge in [-0.15, -0.1) is 0 Å². The summed E-state index contributed by atoms with van der Waals surface area (Å²) < 4.78 is 6.24. The van der Waals surface area contributed by atoms with Crippen LogP contribution in [-0.4, -0.2) is 15.6 Å². The molecule has 2 aliphatic heterocycles. The lowest BCUT2D eigenvalue weighted by Gasteiger charge is -2.38.